The van der Waals surface area contributed by atoms with Crippen molar-refractivity contribution in [2.24, 2.45) is 5.92 Å². The molecule has 0 aromatic heterocycles. The number of aryl methyl sites for hydroxylation is 2. The molecule has 1 saturated carbocycles. The molecule has 2 aliphatic rings. The lowest BCUT2D eigenvalue weighted by molar-refractivity contribution is -0.144. The van der Waals surface area contributed by atoms with Gasteiger partial charge >= 0.3 is 5.97 Å². The number of hydrogen-bond donors (Lipinski definition) is 2. The number of aliphatic hydroxyl groups excluding tert-OH is 1. The second-order valence-electron chi connectivity index (χ2n) is 8.41. The van der Waals surface area contributed by atoms with Crippen molar-refractivity contribution in [3.05, 3.63) is 28.3 Å². The van der Waals surface area contributed by atoms with E-state index in [2.05, 4.69) is 5.32 Å². The summed E-state index contributed by atoms with van der Waals surface area (Å²) < 4.78 is 33.2. The first-order valence-corrected chi connectivity index (χ1v) is 11.7. The van der Waals surface area contributed by atoms with E-state index in [1.807, 2.05) is 19.9 Å². The molecule has 1 aromatic carbocycles. The summed E-state index contributed by atoms with van der Waals surface area (Å²) >= 11 is 0. The van der Waals surface area contributed by atoms with Crippen LogP contribution in [0.4, 0.5) is 0 Å². The van der Waals surface area contributed by atoms with Gasteiger partial charge in [0, 0.05) is 13.0 Å². The molecule has 2 fully saturated rings. The molecule has 1 aliphatic heterocycles. The number of nitrogens with zero attached hydrogens (tertiary/aromatic N) is 1. The number of carbonyl (C=O) groups excluding carboxylic acids is 2. The van der Waals surface area contributed by atoms with Crippen LogP contribution in [-0.4, -0.2) is 61.5 Å². The van der Waals surface area contributed by atoms with Crippen LogP contribution in [0.5, 0.6) is 0 Å². The van der Waals surface area contributed by atoms with Gasteiger partial charge in [-0.05, 0) is 68.7 Å². The van der Waals surface area contributed by atoms with Gasteiger partial charge in [0.15, 0.2) is 0 Å². The lowest BCUT2D eigenvalue weighted by atomic mass is 10.0. The molecule has 1 heterocycles. The number of benzene rings is 1. The predicted octanol–water partition coefficient (Wildman–Crippen LogP) is 1.11. The Bertz CT molecular complexity index is 928. The SMILES string of the molecule is Cc1cc(C)c(C)c(S(=O)(=O)N2C[C@@H](O)C[C@H]2C(=O)NCC(=O)OCC2CC2)c1C. The van der Waals surface area contributed by atoms with Crippen molar-refractivity contribution in [1.29, 1.82) is 0 Å². The Morgan fingerprint density at radius 1 is 1.17 bits per heavy atom. The fourth-order valence-corrected chi connectivity index (χ4v) is 6.01. The monoisotopic (exact) mass is 438 g/mol. The average Bonchev–Trinajstić information content (AvgIpc) is 3.42. The fourth-order valence-electron chi connectivity index (χ4n) is 3.80. The maximum Gasteiger partial charge on any atom is 0.325 e. The number of nitrogens with one attached hydrogen (secondary N) is 1. The summed E-state index contributed by atoms with van der Waals surface area (Å²) in [7, 11) is -4.03. The molecule has 3 rings (SSSR count). The number of esters is 1. The van der Waals surface area contributed by atoms with E-state index in [0.717, 1.165) is 28.3 Å². The van der Waals surface area contributed by atoms with Crippen LogP contribution in [-0.2, 0) is 24.3 Å². The number of amides is 1. The summed E-state index contributed by atoms with van der Waals surface area (Å²) in [4.78, 5) is 24.7. The van der Waals surface area contributed by atoms with Crippen molar-refractivity contribution < 1.29 is 27.9 Å². The Morgan fingerprint density at radius 2 is 1.77 bits per heavy atom. The van der Waals surface area contributed by atoms with Crippen molar-refractivity contribution in [3.8, 4) is 0 Å². The van der Waals surface area contributed by atoms with E-state index in [0.29, 0.717) is 23.7 Å². The molecule has 166 valence electrons. The zero-order valence-electron chi connectivity index (χ0n) is 17.9. The van der Waals surface area contributed by atoms with Crippen molar-refractivity contribution in [2.45, 2.75) is 64.0 Å². The summed E-state index contributed by atoms with van der Waals surface area (Å²) in [6.45, 7) is 7.03. The minimum atomic E-state index is -4.03. The Balaban J connectivity index is 1.78. The van der Waals surface area contributed by atoms with Crippen LogP contribution in [0.25, 0.3) is 0 Å². The van der Waals surface area contributed by atoms with Gasteiger partial charge in [0.1, 0.15) is 12.6 Å². The highest BCUT2D eigenvalue weighted by Gasteiger charge is 2.44. The maximum atomic E-state index is 13.5. The smallest absolute Gasteiger partial charge is 0.325 e. The van der Waals surface area contributed by atoms with Crippen LogP contribution < -0.4 is 5.32 Å². The van der Waals surface area contributed by atoms with E-state index in [9.17, 15) is 23.1 Å². The third kappa shape index (κ3) is 4.68. The van der Waals surface area contributed by atoms with Crippen LogP contribution >= 0.6 is 0 Å². The van der Waals surface area contributed by atoms with Gasteiger partial charge in [-0.1, -0.05) is 6.07 Å². The van der Waals surface area contributed by atoms with Crippen LogP contribution in [0.3, 0.4) is 0 Å². The lowest BCUT2D eigenvalue weighted by Gasteiger charge is -2.26. The van der Waals surface area contributed by atoms with Crippen LogP contribution in [0.15, 0.2) is 11.0 Å². The van der Waals surface area contributed by atoms with Gasteiger partial charge in [0.05, 0.1) is 17.6 Å². The molecular formula is C21H30N2O6S. The third-order valence-corrected chi connectivity index (χ3v) is 8.13. The predicted molar refractivity (Wildman–Crippen MR) is 110 cm³/mol. The lowest BCUT2D eigenvalue weighted by Crippen LogP contribution is -2.47. The Morgan fingerprint density at radius 3 is 2.33 bits per heavy atom. The summed E-state index contributed by atoms with van der Waals surface area (Å²) in [5.41, 5.74) is 2.94. The van der Waals surface area contributed by atoms with E-state index in [-0.39, 0.29) is 24.4 Å². The first kappa shape index (κ1) is 22.7. The minimum absolute atomic E-state index is 0.0227. The molecule has 1 saturated heterocycles. The number of β-amino-alcohol motifs (C(OH)–C–C–N with tert-alkyl or cyclic N) is 1. The molecule has 2 atom stereocenters. The fraction of sp³-hybridized carbons (Fsp3) is 0.619. The van der Waals surface area contributed by atoms with Gasteiger partial charge < -0.3 is 15.2 Å². The summed E-state index contributed by atoms with van der Waals surface area (Å²) in [6, 6.07) is 0.848. The van der Waals surface area contributed by atoms with Crippen LogP contribution in [0.1, 0.15) is 41.5 Å². The van der Waals surface area contributed by atoms with E-state index in [1.54, 1.807) is 13.8 Å². The molecule has 1 aliphatic carbocycles. The number of rotatable bonds is 7. The molecule has 0 bridgehead atoms. The van der Waals surface area contributed by atoms with E-state index < -0.39 is 34.0 Å². The molecule has 2 N–H and O–H groups in total. The van der Waals surface area contributed by atoms with E-state index in [4.69, 9.17) is 4.74 Å². The quantitative estimate of drug-likeness (QED) is 0.617. The molecule has 1 amide bonds. The van der Waals surface area contributed by atoms with E-state index in [1.165, 1.54) is 0 Å². The third-order valence-electron chi connectivity index (χ3n) is 5.98. The number of aliphatic hydroxyl groups is 1. The number of carbonyl (C=O) groups is 2. The minimum Gasteiger partial charge on any atom is -0.464 e. The molecule has 8 nitrogen and oxygen atoms in total. The van der Waals surface area contributed by atoms with Gasteiger partial charge in [0.25, 0.3) is 0 Å². The van der Waals surface area contributed by atoms with Crippen LogP contribution in [0.2, 0.25) is 0 Å². The van der Waals surface area contributed by atoms with Gasteiger partial charge in [0.2, 0.25) is 15.9 Å². The van der Waals surface area contributed by atoms with Gasteiger partial charge in [-0.2, -0.15) is 4.31 Å². The first-order valence-electron chi connectivity index (χ1n) is 10.2. The van der Waals surface area contributed by atoms with Crippen molar-refractivity contribution in [1.82, 2.24) is 9.62 Å². The highest BCUT2D eigenvalue weighted by molar-refractivity contribution is 7.89. The molecule has 30 heavy (non-hydrogen) atoms. The summed E-state index contributed by atoms with van der Waals surface area (Å²) in [5, 5.41) is 12.6. The summed E-state index contributed by atoms with van der Waals surface area (Å²) in [6.07, 6.45) is 1.11. The van der Waals surface area contributed by atoms with Gasteiger partial charge in [-0.25, -0.2) is 8.42 Å². The Hall–Kier alpha value is -1.97. The normalized spacial score (nSPS) is 22.2. The molecule has 0 spiro atoms. The molecular weight excluding hydrogens is 408 g/mol. The molecule has 1 aromatic rings. The number of hydrogen-bond acceptors (Lipinski definition) is 6. The van der Waals surface area contributed by atoms with Crippen molar-refractivity contribution >= 4 is 21.9 Å². The highest BCUT2D eigenvalue weighted by atomic mass is 32.2. The average molecular weight is 439 g/mol. The Kier molecular flexibility index (Phi) is 6.54. The van der Waals surface area contributed by atoms with Crippen LogP contribution in [0, 0.1) is 33.6 Å². The molecule has 9 heteroatoms. The zero-order valence-corrected chi connectivity index (χ0v) is 18.7. The standard InChI is InChI=1S/C21H30N2O6S/c1-12-7-13(2)15(4)20(14(12)3)30(27,28)23-10-17(24)8-18(23)21(26)22-9-19(25)29-11-16-5-6-16/h7,16-18,24H,5-6,8-11H2,1-4H3,(H,22,26)/t17-,18-/m0/s1. The van der Waals surface area contributed by atoms with Crippen molar-refractivity contribution in [3.63, 3.8) is 0 Å². The summed E-state index contributed by atoms with van der Waals surface area (Å²) in [5.74, 6) is -0.748. The Labute approximate surface area is 177 Å². The van der Waals surface area contributed by atoms with Gasteiger partial charge in [-0.3, -0.25) is 9.59 Å². The largest absolute Gasteiger partial charge is 0.464 e. The maximum absolute atomic E-state index is 13.5. The van der Waals surface area contributed by atoms with Gasteiger partial charge in [-0.15, -0.1) is 0 Å². The van der Waals surface area contributed by atoms with E-state index >= 15 is 0 Å². The number of ether oxygens (including phenoxy) is 1. The number of sulfonamides is 1. The zero-order chi connectivity index (χ0) is 22.2. The second kappa shape index (κ2) is 8.64. The molecule has 0 radical (unpaired) electrons. The highest BCUT2D eigenvalue weighted by Crippen LogP contribution is 2.33. The second-order valence-corrected chi connectivity index (χ2v) is 10.2. The topological polar surface area (TPSA) is 113 Å². The first-order chi connectivity index (χ1) is 14.0. The molecule has 0 unspecified atom stereocenters. The van der Waals surface area contributed by atoms with Crippen molar-refractivity contribution in [2.75, 3.05) is 19.7 Å².